The van der Waals surface area contributed by atoms with Gasteiger partial charge in [0.15, 0.2) is 0 Å². The zero-order chi connectivity index (χ0) is 20.1. The van der Waals surface area contributed by atoms with Crippen LogP contribution in [0.3, 0.4) is 0 Å². The highest BCUT2D eigenvalue weighted by atomic mass is 35.5. The van der Waals surface area contributed by atoms with Gasteiger partial charge >= 0.3 is 0 Å². The molecule has 0 saturated heterocycles. The Kier molecular flexibility index (Phi) is 5.84. The Labute approximate surface area is 168 Å². The second kappa shape index (κ2) is 8.31. The van der Waals surface area contributed by atoms with Gasteiger partial charge in [-0.3, -0.25) is 4.79 Å². The van der Waals surface area contributed by atoms with Crippen molar-refractivity contribution in [2.75, 3.05) is 5.32 Å². The SMILES string of the molecule is N/C=C\C(=C/N)Nc1ncc(Cl)c(CCc2ccccc2C2(C(N)=O)CC2)n1. The van der Waals surface area contributed by atoms with Crippen molar-refractivity contribution in [2.24, 2.45) is 17.2 Å². The van der Waals surface area contributed by atoms with Crippen molar-refractivity contribution in [3.63, 3.8) is 0 Å². The van der Waals surface area contributed by atoms with Crippen molar-refractivity contribution >= 4 is 23.5 Å². The van der Waals surface area contributed by atoms with Gasteiger partial charge in [0, 0.05) is 6.20 Å². The van der Waals surface area contributed by atoms with E-state index >= 15 is 0 Å². The summed E-state index contributed by atoms with van der Waals surface area (Å²) in [5.74, 6) is 0.110. The number of hydrogen-bond acceptors (Lipinski definition) is 6. The fraction of sp³-hybridized carbons (Fsp3) is 0.250. The molecule has 28 heavy (non-hydrogen) atoms. The molecular weight excluding hydrogens is 376 g/mol. The Morgan fingerprint density at radius 3 is 2.64 bits per heavy atom. The predicted octanol–water partition coefficient (Wildman–Crippen LogP) is 2.12. The molecule has 7 N–H and O–H groups in total. The molecule has 0 unspecified atom stereocenters. The van der Waals surface area contributed by atoms with E-state index in [-0.39, 0.29) is 5.91 Å². The molecule has 8 heteroatoms. The normalized spacial score (nSPS) is 15.5. The van der Waals surface area contributed by atoms with E-state index in [1.807, 2.05) is 24.3 Å². The van der Waals surface area contributed by atoms with Crippen molar-refractivity contribution in [1.29, 1.82) is 0 Å². The minimum atomic E-state index is -0.520. The number of rotatable bonds is 8. The molecule has 0 radical (unpaired) electrons. The predicted molar refractivity (Wildman–Crippen MR) is 110 cm³/mol. The number of halogens is 1. The van der Waals surface area contributed by atoms with E-state index in [0.717, 1.165) is 24.0 Å². The molecule has 3 rings (SSSR count). The second-order valence-electron chi connectivity index (χ2n) is 6.70. The molecule has 0 spiro atoms. The lowest BCUT2D eigenvalue weighted by Crippen LogP contribution is -2.29. The summed E-state index contributed by atoms with van der Waals surface area (Å²) < 4.78 is 0. The minimum Gasteiger partial charge on any atom is -0.405 e. The van der Waals surface area contributed by atoms with E-state index in [4.69, 9.17) is 28.8 Å². The number of benzene rings is 1. The zero-order valence-electron chi connectivity index (χ0n) is 15.4. The van der Waals surface area contributed by atoms with Gasteiger partial charge < -0.3 is 22.5 Å². The summed E-state index contributed by atoms with van der Waals surface area (Å²) in [4.78, 5) is 20.6. The van der Waals surface area contributed by atoms with Crippen LogP contribution in [0, 0.1) is 0 Å². The molecule has 0 aliphatic heterocycles. The van der Waals surface area contributed by atoms with Crippen LogP contribution in [-0.4, -0.2) is 15.9 Å². The zero-order valence-corrected chi connectivity index (χ0v) is 16.1. The average molecular weight is 399 g/mol. The number of nitrogens with zero attached hydrogens (tertiary/aromatic N) is 2. The smallest absolute Gasteiger partial charge is 0.228 e. The van der Waals surface area contributed by atoms with Crippen LogP contribution in [0.25, 0.3) is 0 Å². The third-order valence-corrected chi connectivity index (χ3v) is 5.23. The first-order valence-electron chi connectivity index (χ1n) is 8.97. The Balaban J connectivity index is 1.79. The van der Waals surface area contributed by atoms with Gasteiger partial charge in [0.05, 0.1) is 28.0 Å². The van der Waals surface area contributed by atoms with Gasteiger partial charge in [-0.15, -0.1) is 0 Å². The maximum atomic E-state index is 11.9. The van der Waals surface area contributed by atoms with Gasteiger partial charge in [-0.2, -0.15) is 0 Å². The molecule has 1 heterocycles. The first-order chi connectivity index (χ1) is 13.5. The number of aryl methyl sites for hydroxylation is 2. The number of carbonyl (C=O) groups is 1. The van der Waals surface area contributed by atoms with E-state index in [2.05, 4.69) is 15.3 Å². The van der Waals surface area contributed by atoms with Crippen LogP contribution in [0.15, 0.2) is 54.6 Å². The lowest BCUT2D eigenvalue weighted by Gasteiger charge is -2.16. The molecule has 1 fully saturated rings. The average Bonchev–Trinajstić information content (AvgIpc) is 3.50. The number of nitrogens with one attached hydrogen (secondary N) is 1. The summed E-state index contributed by atoms with van der Waals surface area (Å²) >= 11 is 6.29. The molecule has 1 aromatic heterocycles. The Hall–Kier alpha value is -3.06. The van der Waals surface area contributed by atoms with Crippen molar-refractivity contribution in [3.05, 3.63) is 76.5 Å². The Morgan fingerprint density at radius 2 is 2.00 bits per heavy atom. The van der Waals surface area contributed by atoms with Gasteiger partial charge in [0.2, 0.25) is 11.9 Å². The number of hydrogen-bond donors (Lipinski definition) is 4. The number of allylic oxidation sites excluding steroid dienone is 1. The lowest BCUT2D eigenvalue weighted by molar-refractivity contribution is -0.120. The summed E-state index contributed by atoms with van der Waals surface area (Å²) in [5, 5.41) is 3.46. The van der Waals surface area contributed by atoms with Crippen LogP contribution in [0.1, 0.15) is 29.7 Å². The second-order valence-corrected chi connectivity index (χ2v) is 7.11. The number of aromatic nitrogens is 2. The molecule has 0 atom stereocenters. The molecule has 7 nitrogen and oxygen atoms in total. The summed E-state index contributed by atoms with van der Waals surface area (Å²) in [5.41, 5.74) is 19.4. The van der Waals surface area contributed by atoms with Crippen molar-refractivity contribution in [1.82, 2.24) is 9.97 Å². The quantitative estimate of drug-likeness (QED) is 0.503. The highest BCUT2D eigenvalue weighted by Gasteiger charge is 2.50. The number of anilines is 1. The standard InChI is InChI=1S/C20H23ClN6O/c21-16-12-25-19(26-14(11-23)7-10-22)27-17(16)6-5-13-3-1-2-4-15(13)20(8-9-20)18(24)28/h1-4,7,10-12H,5-6,8-9,22-23H2,(H2,24,28)(H,25,26,27)/b10-7-,14-11+. The van der Waals surface area contributed by atoms with Crippen LogP contribution in [-0.2, 0) is 23.1 Å². The van der Waals surface area contributed by atoms with Gasteiger partial charge in [-0.05, 0) is 49.1 Å². The van der Waals surface area contributed by atoms with Gasteiger partial charge in [-0.25, -0.2) is 9.97 Å². The molecular formula is C20H23ClN6O. The van der Waals surface area contributed by atoms with Crippen LogP contribution < -0.4 is 22.5 Å². The van der Waals surface area contributed by atoms with E-state index < -0.39 is 5.41 Å². The molecule has 146 valence electrons. The molecule has 1 amide bonds. The van der Waals surface area contributed by atoms with E-state index in [9.17, 15) is 4.79 Å². The third kappa shape index (κ3) is 4.09. The van der Waals surface area contributed by atoms with Gasteiger partial charge in [-0.1, -0.05) is 35.9 Å². The fourth-order valence-corrected chi connectivity index (χ4v) is 3.43. The summed E-state index contributed by atoms with van der Waals surface area (Å²) in [6, 6.07) is 7.90. The van der Waals surface area contributed by atoms with Crippen LogP contribution in [0.4, 0.5) is 5.95 Å². The number of amides is 1. The largest absolute Gasteiger partial charge is 0.405 e. The molecule has 0 bridgehead atoms. The monoisotopic (exact) mass is 398 g/mol. The first-order valence-corrected chi connectivity index (χ1v) is 9.35. The van der Waals surface area contributed by atoms with Crippen molar-refractivity contribution in [3.8, 4) is 0 Å². The third-order valence-electron chi connectivity index (χ3n) is 4.91. The highest BCUT2D eigenvalue weighted by Crippen LogP contribution is 2.49. The van der Waals surface area contributed by atoms with Crippen molar-refractivity contribution < 1.29 is 4.79 Å². The maximum absolute atomic E-state index is 11.9. The fourth-order valence-electron chi connectivity index (χ4n) is 3.24. The Morgan fingerprint density at radius 1 is 1.25 bits per heavy atom. The summed E-state index contributed by atoms with van der Waals surface area (Å²) in [6.45, 7) is 0. The summed E-state index contributed by atoms with van der Waals surface area (Å²) in [7, 11) is 0. The van der Waals surface area contributed by atoms with Crippen molar-refractivity contribution in [2.45, 2.75) is 31.1 Å². The van der Waals surface area contributed by atoms with E-state index in [0.29, 0.717) is 35.2 Å². The first kappa shape index (κ1) is 19.7. The number of carbonyl (C=O) groups excluding carboxylic acids is 1. The topological polar surface area (TPSA) is 133 Å². The molecule has 1 aliphatic rings. The van der Waals surface area contributed by atoms with Gasteiger partial charge in [0.25, 0.3) is 0 Å². The number of nitrogens with two attached hydrogens (primary N) is 3. The van der Waals surface area contributed by atoms with Crippen LogP contribution >= 0.6 is 11.6 Å². The van der Waals surface area contributed by atoms with Crippen LogP contribution in [0.5, 0.6) is 0 Å². The Bertz CT molecular complexity index is 936. The maximum Gasteiger partial charge on any atom is 0.228 e. The van der Waals surface area contributed by atoms with Crippen LogP contribution in [0.2, 0.25) is 5.02 Å². The van der Waals surface area contributed by atoms with E-state index in [1.165, 1.54) is 12.4 Å². The minimum absolute atomic E-state index is 0.263. The lowest BCUT2D eigenvalue weighted by atomic mass is 9.88. The van der Waals surface area contributed by atoms with E-state index in [1.54, 1.807) is 12.3 Å². The molecule has 1 saturated carbocycles. The molecule has 1 aliphatic carbocycles. The molecule has 2 aromatic rings. The summed E-state index contributed by atoms with van der Waals surface area (Å²) in [6.07, 6.45) is 8.76. The van der Waals surface area contributed by atoms with Gasteiger partial charge in [0.1, 0.15) is 0 Å². The molecule has 1 aromatic carbocycles. The number of primary amides is 1. The highest BCUT2D eigenvalue weighted by molar-refractivity contribution is 6.31.